The van der Waals surface area contributed by atoms with Crippen LogP contribution in [0.4, 0.5) is 13.2 Å². The lowest BCUT2D eigenvalue weighted by molar-refractivity contribution is -0.137. The fourth-order valence-corrected chi connectivity index (χ4v) is 2.99. The maximum Gasteiger partial charge on any atom is 0.416 e. The topological polar surface area (TPSA) is 25.2 Å². The first-order valence-corrected chi connectivity index (χ1v) is 9.39. The van der Waals surface area contributed by atoms with Gasteiger partial charge in [0, 0.05) is 25.0 Å². The minimum absolute atomic E-state index is 0.142. The van der Waals surface area contributed by atoms with Gasteiger partial charge in [0.05, 0.1) is 12.1 Å². The lowest BCUT2D eigenvalue weighted by atomic mass is 10.1. The van der Waals surface area contributed by atoms with Crippen LogP contribution in [0, 0.1) is 0 Å². The second-order valence-electron chi connectivity index (χ2n) is 6.55. The Bertz CT molecular complexity index is 756. The number of carbonyl (C=O) groups is 1. The smallest absolute Gasteiger partial charge is 0.345 e. The fourth-order valence-electron chi connectivity index (χ4n) is 2.85. The second-order valence-corrected chi connectivity index (χ2v) is 7.21. The first-order chi connectivity index (χ1) is 12.7. The Morgan fingerprint density at radius 3 is 2.63 bits per heavy atom. The van der Waals surface area contributed by atoms with E-state index >= 15 is 0 Å². The molecule has 0 fully saturated rings. The second kappa shape index (κ2) is 9.31. The number of hydrogen-bond acceptors (Lipinski definition) is 1. The van der Waals surface area contributed by atoms with E-state index in [9.17, 15) is 18.0 Å². The number of benzene rings is 1. The van der Waals surface area contributed by atoms with Crippen molar-refractivity contribution in [3.8, 4) is 0 Å². The van der Waals surface area contributed by atoms with Crippen molar-refractivity contribution in [2.24, 2.45) is 0 Å². The lowest BCUT2D eigenvalue weighted by Crippen LogP contribution is -2.36. The van der Waals surface area contributed by atoms with Gasteiger partial charge in [-0.15, -0.1) is 11.6 Å². The standard InChI is InChI=1S/C20H24ClF3N2O/c1-3-4-10-26(19(27)15(2)21)14-18-9-6-11-25(18)13-16-7-5-8-17(12-16)20(22,23)24/h5-9,11-12,15H,3-4,10,13-14H2,1-2H3. The predicted molar refractivity (Wildman–Crippen MR) is 101 cm³/mol. The average molecular weight is 401 g/mol. The summed E-state index contributed by atoms with van der Waals surface area (Å²) in [5.41, 5.74) is 0.748. The largest absolute Gasteiger partial charge is 0.416 e. The highest BCUT2D eigenvalue weighted by Gasteiger charge is 2.30. The van der Waals surface area contributed by atoms with Crippen LogP contribution in [0.2, 0.25) is 0 Å². The molecule has 1 heterocycles. The van der Waals surface area contributed by atoms with Crippen molar-refractivity contribution in [2.75, 3.05) is 6.54 Å². The van der Waals surface area contributed by atoms with Crippen LogP contribution in [-0.2, 0) is 24.1 Å². The molecule has 27 heavy (non-hydrogen) atoms. The third kappa shape index (κ3) is 6.03. The molecule has 0 saturated carbocycles. The van der Waals surface area contributed by atoms with Crippen molar-refractivity contribution in [1.82, 2.24) is 9.47 Å². The van der Waals surface area contributed by atoms with Crippen LogP contribution < -0.4 is 0 Å². The van der Waals surface area contributed by atoms with Gasteiger partial charge in [-0.25, -0.2) is 0 Å². The van der Waals surface area contributed by atoms with Gasteiger partial charge in [-0.05, 0) is 43.2 Å². The molecule has 0 spiro atoms. The van der Waals surface area contributed by atoms with E-state index < -0.39 is 17.1 Å². The number of nitrogens with zero attached hydrogens (tertiary/aromatic N) is 2. The Balaban J connectivity index is 2.18. The van der Waals surface area contributed by atoms with Gasteiger partial charge >= 0.3 is 6.18 Å². The molecule has 2 rings (SSSR count). The minimum Gasteiger partial charge on any atom is -0.345 e. The number of alkyl halides is 4. The third-order valence-electron chi connectivity index (χ3n) is 4.32. The summed E-state index contributed by atoms with van der Waals surface area (Å²) < 4.78 is 40.6. The Morgan fingerprint density at radius 1 is 1.26 bits per heavy atom. The summed E-state index contributed by atoms with van der Waals surface area (Å²) in [6, 6.07) is 9.00. The van der Waals surface area contributed by atoms with Crippen molar-refractivity contribution in [2.45, 2.75) is 51.3 Å². The molecule has 1 atom stereocenters. The first-order valence-electron chi connectivity index (χ1n) is 8.95. The minimum atomic E-state index is -4.37. The van der Waals surface area contributed by atoms with E-state index in [1.165, 1.54) is 6.07 Å². The van der Waals surface area contributed by atoms with Crippen LogP contribution in [0.3, 0.4) is 0 Å². The van der Waals surface area contributed by atoms with Crippen LogP contribution >= 0.6 is 11.6 Å². The highest BCUT2D eigenvalue weighted by molar-refractivity contribution is 6.30. The molecule has 0 aliphatic rings. The zero-order valence-electron chi connectivity index (χ0n) is 15.5. The molecule has 0 bridgehead atoms. The SMILES string of the molecule is CCCCN(Cc1cccn1Cc1cccc(C(F)(F)F)c1)C(=O)C(C)Cl. The van der Waals surface area contributed by atoms with Crippen molar-refractivity contribution >= 4 is 17.5 Å². The van der Waals surface area contributed by atoms with Gasteiger partial charge in [0.2, 0.25) is 5.91 Å². The molecule has 1 aromatic heterocycles. The molecule has 2 aromatic rings. The van der Waals surface area contributed by atoms with Crippen LogP contribution in [0.15, 0.2) is 42.6 Å². The van der Waals surface area contributed by atoms with Gasteiger partial charge in [-0.2, -0.15) is 13.2 Å². The van der Waals surface area contributed by atoms with E-state index in [0.717, 1.165) is 30.7 Å². The summed E-state index contributed by atoms with van der Waals surface area (Å²) in [5.74, 6) is -0.142. The van der Waals surface area contributed by atoms with Crippen LogP contribution in [-0.4, -0.2) is 27.3 Å². The Kier molecular flexibility index (Phi) is 7.36. The summed E-state index contributed by atoms with van der Waals surface area (Å²) in [7, 11) is 0. The number of unbranched alkanes of at least 4 members (excludes halogenated alkanes) is 1. The average Bonchev–Trinajstić information content (AvgIpc) is 3.04. The number of rotatable bonds is 8. The molecule has 1 aromatic carbocycles. The van der Waals surface area contributed by atoms with Crippen LogP contribution in [0.1, 0.15) is 43.5 Å². The van der Waals surface area contributed by atoms with Crippen molar-refractivity contribution in [3.63, 3.8) is 0 Å². The van der Waals surface area contributed by atoms with Crippen LogP contribution in [0.5, 0.6) is 0 Å². The maximum absolute atomic E-state index is 12.9. The fraction of sp³-hybridized carbons (Fsp3) is 0.450. The van der Waals surface area contributed by atoms with E-state index in [1.807, 2.05) is 29.8 Å². The lowest BCUT2D eigenvalue weighted by Gasteiger charge is -2.24. The summed E-state index contributed by atoms with van der Waals surface area (Å²) in [6.07, 6.45) is -0.743. The monoisotopic (exact) mass is 400 g/mol. The first kappa shape index (κ1) is 21.4. The normalized spacial score (nSPS) is 12.8. The summed E-state index contributed by atoms with van der Waals surface area (Å²) in [4.78, 5) is 14.1. The number of halogens is 4. The molecule has 0 radical (unpaired) electrons. The maximum atomic E-state index is 12.9. The van der Waals surface area contributed by atoms with E-state index in [2.05, 4.69) is 0 Å². The van der Waals surface area contributed by atoms with Crippen molar-refractivity contribution in [3.05, 3.63) is 59.4 Å². The molecule has 0 N–H and O–H groups in total. The highest BCUT2D eigenvalue weighted by Crippen LogP contribution is 2.29. The van der Waals surface area contributed by atoms with Gasteiger partial charge in [0.1, 0.15) is 5.38 Å². The van der Waals surface area contributed by atoms with E-state index in [4.69, 9.17) is 11.6 Å². The summed E-state index contributed by atoms with van der Waals surface area (Å²) in [6.45, 7) is 4.97. The Hall–Kier alpha value is -1.95. The third-order valence-corrected chi connectivity index (χ3v) is 4.50. The van der Waals surface area contributed by atoms with Crippen molar-refractivity contribution < 1.29 is 18.0 Å². The molecule has 148 valence electrons. The zero-order valence-corrected chi connectivity index (χ0v) is 16.2. The Labute approximate surface area is 162 Å². The van der Waals surface area contributed by atoms with Gasteiger partial charge in [0.15, 0.2) is 0 Å². The van der Waals surface area contributed by atoms with E-state index in [-0.39, 0.29) is 5.91 Å². The molecule has 1 amide bonds. The molecule has 3 nitrogen and oxygen atoms in total. The Morgan fingerprint density at radius 2 is 2.00 bits per heavy atom. The molecule has 0 aliphatic carbocycles. The highest BCUT2D eigenvalue weighted by atomic mass is 35.5. The predicted octanol–water partition coefficient (Wildman–Crippen LogP) is 5.31. The quantitative estimate of drug-likeness (QED) is 0.551. The molecular weight excluding hydrogens is 377 g/mol. The number of amides is 1. The molecule has 1 unspecified atom stereocenters. The number of carbonyl (C=O) groups excluding carboxylic acids is 1. The molecule has 0 saturated heterocycles. The molecular formula is C20H24ClF3N2O. The number of aromatic nitrogens is 1. The van der Waals surface area contributed by atoms with Gasteiger partial charge in [0.25, 0.3) is 0 Å². The van der Waals surface area contributed by atoms with Crippen LogP contribution in [0.25, 0.3) is 0 Å². The number of hydrogen-bond donors (Lipinski definition) is 0. The molecule has 7 heteroatoms. The molecule has 0 aliphatic heterocycles. The zero-order chi connectivity index (χ0) is 20.0. The van der Waals surface area contributed by atoms with Gasteiger partial charge in [-0.1, -0.05) is 25.5 Å². The van der Waals surface area contributed by atoms with Gasteiger partial charge < -0.3 is 9.47 Å². The van der Waals surface area contributed by atoms with E-state index in [0.29, 0.717) is 25.2 Å². The summed E-state index contributed by atoms with van der Waals surface area (Å²) >= 11 is 5.97. The summed E-state index contributed by atoms with van der Waals surface area (Å²) in [5, 5.41) is -0.617. The van der Waals surface area contributed by atoms with Gasteiger partial charge in [-0.3, -0.25) is 4.79 Å². The van der Waals surface area contributed by atoms with Crippen molar-refractivity contribution in [1.29, 1.82) is 0 Å². The van der Waals surface area contributed by atoms with E-state index in [1.54, 1.807) is 17.9 Å².